The minimum Gasteiger partial charge on any atom is -0.363 e. The standard InChI is InChI=1S/C20H20N4O3/c1-14-7-5-6-12-23(14)17-11-10-16(13-18(17)24(25)26)20-21-19(22-27-20)15-8-3-2-4-9-15/h2-4,8-11,13-14H,5-7,12H2,1H3/t14-/m0/s1. The van der Waals surface area contributed by atoms with Crippen LogP contribution in [-0.2, 0) is 0 Å². The molecule has 1 saturated heterocycles. The number of nitrogens with zero attached hydrogens (tertiary/aromatic N) is 4. The Labute approximate surface area is 156 Å². The Morgan fingerprint density at radius 3 is 2.70 bits per heavy atom. The number of aromatic nitrogens is 2. The van der Waals surface area contributed by atoms with E-state index in [0.29, 0.717) is 17.1 Å². The van der Waals surface area contributed by atoms with Gasteiger partial charge in [0.15, 0.2) is 0 Å². The van der Waals surface area contributed by atoms with Crippen LogP contribution in [0.1, 0.15) is 26.2 Å². The van der Waals surface area contributed by atoms with E-state index in [1.807, 2.05) is 36.4 Å². The van der Waals surface area contributed by atoms with Crippen LogP contribution in [0.25, 0.3) is 22.8 Å². The summed E-state index contributed by atoms with van der Waals surface area (Å²) in [5.74, 6) is 0.733. The molecule has 1 fully saturated rings. The summed E-state index contributed by atoms with van der Waals surface area (Å²) in [6.45, 7) is 2.95. The summed E-state index contributed by atoms with van der Waals surface area (Å²) in [6.07, 6.45) is 3.25. The second kappa shape index (κ2) is 7.19. The van der Waals surface area contributed by atoms with Crippen LogP contribution >= 0.6 is 0 Å². The first-order valence-electron chi connectivity index (χ1n) is 9.08. The Hall–Kier alpha value is -3.22. The lowest BCUT2D eigenvalue weighted by molar-refractivity contribution is -0.384. The van der Waals surface area contributed by atoms with Crippen molar-refractivity contribution in [3.05, 3.63) is 58.6 Å². The number of rotatable bonds is 4. The van der Waals surface area contributed by atoms with E-state index in [0.717, 1.165) is 31.4 Å². The molecule has 3 aromatic rings. The summed E-state index contributed by atoms with van der Waals surface area (Å²) in [7, 11) is 0. The number of benzene rings is 2. The van der Waals surface area contributed by atoms with Gasteiger partial charge in [-0.1, -0.05) is 35.5 Å². The molecule has 2 aromatic carbocycles. The molecule has 0 bridgehead atoms. The van der Waals surface area contributed by atoms with Crippen molar-refractivity contribution >= 4 is 11.4 Å². The van der Waals surface area contributed by atoms with Crippen molar-refractivity contribution < 1.29 is 9.45 Å². The van der Waals surface area contributed by atoms with Crippen LogP contribution in [-0.4, -0.2) is 27.7 Å². The SMILES string of the molecule is C[C@H]1CCCCN1c1ccc(-c2nc(-c3ccccc3)no2)cc1[N+](=O)[O-]. The number of piperidine rings is 1. The van der Waals surface area contributed by atoms with Gasteiger partial charge in [-0.3, -0.25) is 10.1 Å². The summed E-state index contributed by atoms with van der Waals surface area (Å²) in [5, 5.41) is 15.7. The molecule has 7 heteroatoms. The molecule has 7 nitrogen and oxygen atoms in total. The van der Waals surface area contributed by atoms with E-state index in [1.165, 1.54) is 6.07 Å². The number of hydrogen-bond donors (Lipinski definition) is 0. The maximum atomic E-state index is 11.7. The van der Waals surface area contributed by atoms with Gasteiger partial charge in [0.2, 0.25) is 5.82 Å². The zero-order valence-corrected chi connectivity index (χ0v) is 15.0. The van der Waals surface area contributed by atoms with Gasteiger partial charge in [-0.15, -0.1) is 0 Å². The van der Waals surface area contributed by atoms with Gasteiger partial charge < -0.3 is 9.42 Å². The Kier molecular flexibility index (Phi) is 4.58. The molecule has 1 aliphatic rings. The van der Waals surface area contributed by atoms with E-state index < -0.39 is 0 Å². The molecule has 0 saturated carbocycles. The fourth-order valence-corrected chi connectivity index (χ4v) is 3.55. The maximum Gasteiger partial charge on any atom is 0.293 e. The lowest BCUT2D eigenvalue weighted by Crippen LogP contribution is -2.37. The Balaban J connectivity index is 1.70. The number of anilines is 1. The average molecular weight is 364 g/mol. The summed E-state index contributed by atoms with van der Waals surface area (Å²) >= 11 is 0. The highest BCUT2D eigenvalue weighted by molar-refractivity contribution is 5.72. The normalized spacial score (nSPS) is 17.1. The quantitative estimate of drug-likeness (QED) is 0.493. The monoisotopic (exact) mass is 364 g/mol. The maximum absolute atomic E-state index is 11.7. The van der Waals surface area contributed by atoms with E-state index in [2.05, 4.69) is 22.0 Å². The van der Waals surface area contributed by atoms with Gasteiger partial charge in [-0.05, 0) is 38.3 Å². The Morgan fingerprint density at radius 2 is 1.96 bits per heavy atom. The number of nitro benzene ring substituents is 1. The largest absolute Gasteiger partial charge is 0.363 e. The van der Waals surface area contributed by atoms with Crippen LogP contribution in [0.5, 0.6) is 0 Å². The first-order chi connectivity index (χ1) is 13.1. The van der Waals surface area contributed by atoms with Gasteiger partial charge in [-0.2, -0.15) is 4.98 Å². The van der Waals surface area contributed by atoms with Crippen LogP contribution in [0, 0.1) is 10.1 Å². The van der Waals surface area contributed by atoms with Crippen molar-refractivity contribution in [2.24, 2.45) is 0 Å². The molecule has 0 unspecified atom stereocenters. The van der Waals surface area contributed by atoms with Gasteiger partial charge >= 0.3 is 0 Å². The van der Waals surface area contributed by atoms with E-state index in [1.54, 1.807) is 6.07 Å². The highest BCUT2D eigenvalue weighted by Gasteiger charge is 2.26. The van der Waals surface area contributed by atoms with Gasteiger partial charge in [-0.25, -0.2) is 0 Å². The number of hydrogen-bond acceptors (Lipinski definition) is 6. The molecule has 0 amide bonds. The molecule has 1 aliphatic heterocycles. The smallest absolute Gasteiger partial charge is 0.293 e. The molecule has 0 spiro atoms. The van der Waals surface area contributed by atoms with Crippen molar-refractivity contribution in [2.75, 3.05) is 11.4 Å². The predicted octanol–water partition coefficient (Wildman–Crippen LogP) is 4.69. The van der Waals surface area contributed by atoms with Crippen LogP contribution < -0.4 is 4.90 Å². The molecule has 1 aromatic heterocycles. The zero-order valence-electron chi connectivity index (χ0n) is 15.0. The first kappa shape index (κ1) is 17.2. The second-order valence-corrected chi connectivity index (χ2v) is 6.79. The minimum atomic E-state index is -0.339. The Bertz CT molecular complexity index is 955. The van der Waals surface area contributed by atoms with E-state index in [9.17, 15) is 10.1 Å². The minimum absolute atomic E-state index is 0.0701. The predicted molar refractivity (Wildman–Crippen MR) is 102 cm³/mol. The second-order valence-electron chi connectivity index (χ2n) is 6.79. The summed E-state index contributed by atoms with van der Waals surface area (Å²) in [6, 6.07) is 14.9. The molecule has 2 heterocycles. The molecule has 27 heavy (non-hydrogen) atoms. The van der Waals surface area contributed by atoms with Crippen molar-refractivity contribution in [3.8, 4) is 22.8 Å². The highest BCUT2D eigenvalue weighted by Crippen LogP contribution is 2.36. The third-order valence-electron chi connectivity index (χ3n) is 4.99. The molecule has 0 radical (unpaired) electrons. The summed E-state index contributed by atoms with van der Waals surface area (Å²) in [4.78, 5) is 17.9. The number of nitro groups is 1. The fourth-order valence-electron chi connectivity index (χ4n) is 3.55. The van der Waals surface area contributed by atoms with Crippen molar-refractivity contribution in [1.29, 1.82) is 0 Å². The Morgan fingerprint density at radius 1 is 1.15 bits per heavy atom. The molecule has 138 valence electrons. The third-order valence-corrected chi connectivity index (χ3v) is 4.99. The van der Waals surface area contributed by atoms with E-state index >= 15 is 0 Å². The molecular formula is C20H20N4O3. The topological polar surface area (TPSA) is 85.3 Å². The van der Waals surface area contributed by atoms with Crippen LogP contribution in [0.2, 0.25) is 0 Å². The van der Waals surface area contributed by atoms with Crippen LogP contribution in [0.15, 0.2) is 53.1 Å². The summed E-state index contributed by atoms with van der Waals surface area (Å²) in [5.41, 5.74) is 2.10. The van der Waals surface area contributed by atoms with Gasteiger partial charge in [0.05, 0.1) is 4.92 Å². The third kappa shape index (κ3) is 3.40. The molecule has 0 aliphatic carbocycles. The lowest BCUT2D eigenvalue weighted by Gasteiger charge is -2.35. The van der Waals surface area contributed by atoms with E-state index in [4.69, 9.17) is 4.52 Å². The van der Waals surface area contributed by atoms with Gasteiger partial charge in [0, 0.05) is 29.8 Å². The van der Waals surface area contributed by atoms with Gasteiger partial charge in [0.1, 0.15) is 5.69 Å². The average Bonchev–Trinajstić information content (AvgIpc) is 3.19. The molecule has 1 atom stereocenters. The molecular weight excluding hydrogens is 344 g/mol. The fraction of sp³-hybridized carbons (Fsp3) is 0.300. The van der Waals surface area contributed by atoms with Gasteiger partial charge in [0.25, 0.3) is 11.6 Å². The van der Waals surface area contributed by atoms with E-state index in [-0.39, 0.29) is 22.5 Å². The van der Waals surface area contributed by atoms with Crippen molar-refractivity contribution in [1.82, 2.24) is 10.1 Å². The lowest BCUT2D eigenvalue weighted by atomic mass is 10.0. The highest BCUT2D eigenvalue weighted by atomic mass is 16.6. The molecule has 0 N–H and O–H groups in total. The zero-order chi connectivity index (χ0) is 18.8. The van der Waals surface area contributed by atoms with Crippen LogP contribution in [0.4, 0.5) is 11.4 Å². The van der Waals surface area contributed by atoms with Crippen LogP contribution in [0.3, 0.4) is 0 Å². The van der Waals surface area contributed by atoms with Crippen molar-refractivity contribution in [2.45, 2.75) is 32.2 Å². The van der Waals surface area contributed by atoms with Crippen molar-refractivity contribution in [3.63, 3.8) is 0 Å². The molecule has 4 rings (SSSR count). The first-order valence-corrected chi connectivity index (χ1v) is 9.08. The summed E-state index contributed by atoms with van der Waals surface area (Å²) < 4.78 is 5.35.